The number of aromatic nitrogens is 4. The number of fused-ring (bicyclic) bond motifs is 1. The Hall–Kier alpha value is -3.26. The van der Waals surface area contributed by atoms with Gasteiger partial charge in [-0.25, -0.2) is 9.20 Å². The second-order valence-electron chi connectivity index (χ2n) is 6.17. The molecule has 0 radical (unpaired) electrons. The summed E-state index contributed by atoms with van der Waals surface area (Å²) in [4.78, 5) is 27.8. The zero-order valence-electron chi connectivity index (χ0n) is 14.6. The number of amides is 1. The molecule has 3 aromatic heterocycles. The first-order chi connectivity index (χ1) is 13.1. The van der Waals surface area contributed by atoms with Crippen molar-refractivity contribution in [1.82, 2.24) is 24.3 Å². The van der Waals surface area contributed by atoms with E-state index in [1.54, 1.807) is 29.4 Å². The molecule has 0 saturated heterocycles. The number of hydrogen-bond acceptors (Lipinski definition) is 5. The zero-order valence-corrected chi connectivity index (χ0v) is 15.5. The fourth-order valence-electron chi connectivity index (χ4n) is 2.79. The summed E-state index contributed by atoms with van der Waals surface area (Å²) in [6, 6.07) is 15.3. The summed E-state index contributed by atoms with van der Waals surface area (Å²) in [6.07, 6.45) is 1.46. The predicted octanol–water partition coefficient (Wildman–Crippen LogP) is 2.28. The first-order valence-corrected chi connectivity index (χ1v) is 9.27. The molecule has 4 rings (SSSR count). The monoisotopic (exact) mass is 379 g/mol. The van der Waals surface area contributed by atoms with Crippen LogP contribution in [0.3, 0.4) is 0 Å². The van der Waals surface area contributed by atoms with Gasteiger partial charge in [0, 0.05) is 13.6 Å². The fourth-order valence-corrected chi connectivity index (χ4v) is 3.47. The van der Waals surface area contributed by atoms with Crippen LogP contribution in [0.2, 0.25) is 0 Å². The van der Waals surface area contributed by atoms with Gasteiger partial charge in [0.05, 0.1) is 4.88 Å². The first kappa shape index (κ1) is 17.2. The van der Waals surface area contributed by atoms with Gasteiger partial charge >= 0.3 is 0 Å². The van der Waals surface area contributed by atoms with Gasteiger partial charge in [0.2, 0.25) is 5.91 Å². The van der Waals surface area contributed by atoms with Gasteiger partial charge < -0.3 is 4.90 Å². The van der Waals surface area contributed by atoms with Gasteiger partial charge in [0.25, 0.3) is 5.56 Å². The second-order valence-corrected chi connectivity index (χ2v) is 7.11. The number of carbonyl (C=O) groups is 1. The molecule has 4 aromatic rings. The number of likely N-dealkylation sites (N-methyl/N-ethyl adjacent to an activating group) is 1. The van der Waals surface area contributed by atoms with E-state index < -0.39 is 0 Å². The number of thiophene rings is 1. The molecule has 1 aromatic carbocycles. The summed E-state index contributed by atoms with van der Waals surface area (Å²) in [6.45, 7) is 0.365. The lowest BCUT2D eigenvalue weighted by Crippen LogP contribution is -2.35. The molecule has 7 nitrogen and oxygen atoms in total. The third kappa shape index (κ3) is 3.52. The van der Waals surface area contributed by atoms with Gasteiger partial charge in [-0.05, 0) is 23.1 Å². The Balaban J connectivity index is 1.56. The molecule has 27 heavy (non-hydrogen) atoms. The van der Waals surface area contributed by atoms with Crippen LogP contribution in [0.15, 0.2) is 65.0 Å². The average molecular weight is 379 g/mol. The molecule has 0 aliphatic heterocycles. The van der Waals surface area contributed by atoms with E-state index in [1.165, 1.54) is 15.5 Å². The molecule has 1 amide bonds. The van der Waals surface area contributed by atoms with Crippen molar-refractivity contribution in [3.05, 3.63) is 76.2 Å². The van der Waals surface area contributed by atoms with Crippen molar-refractivity contribution in [3.63, 3.8) is 0 Å². The molecular formula is C19H17N5O2S. The summed E-state index contributed by atoms with van der Waals surface area (Å²) in [5.74, 6) is -0.184. The van der Waals surface area contributed by atoms with Crippen molar-refractivity contribution in [3.8, 4) is 10.6 Å². The highest BCUT2D eigenvalue weighted by atomic mass is 32.1. The normalized spacial score (nSPS) is 11.0. The van der Waals surface area contributed by atoms with E-state index in [0.29, 0.717) is 17.8 Å². The van der Waals surface area contributed by atoms with Crippen LogP contribution in [0.25, 0.3) is 16.1 Å². The minimum Gasteiger partial charge on any atom is -0.340 e. The van der Waals surface area contributed by atoms with Crippen molar-refractivity contribution in [2.24, 2.45) is 0 Å². The lowest BCUT2D eigenvalue weighted by molar-refractivity contribution is -0.131. The molecule has 0 fully saturated rings. The van der Waals surface area contributed by atoms with E-state index >= 15 is 0 Å². The summed E-state index contributed by atoms with van der Waals surface area (Å²) < 4.78 is 2.63. The Kier molecular flexibility index (Phi) is 4.55. The van der Waals surface area contributed by atoms with Gasteiger partial charge in [-0.3, -0.25) is 9.59 Å². The number of hydrogen-bond donors (Lipinski definition) is 0. The maximum absolute atomic E-state index is 12.7. The van der Waals surface area contributed by atoms with Crippen LogP contribution in [0.5, 0.6) is 0 Å². The second kappa shape index (κ2) is 7.16. The van der Waals surface area contributed by atoms with Crippen LogP contribution < -0.4 is 5.56 Å². The highest BCUT2D eigenvalue weighted by molar-refractivity contribution is 7.13. The molecule has 136 valence electrons. The summed E-state index contributed by atoms with van der Waals surface area (Å²) >= 11 is 1.55. The molecule has 3 heterocycles. The van der Waals surface area contributed by atoms with Gasteiger partial charge in [-0.2, -0.15) is 10.2 Å². The minimum absolute atomic E-state index is 0.113. The van der Waals surface area contributed by atoms with Crippen LogP contribution >= 0.6 is 11.3 Å². The third-order valence-electron chi connectivity index (χ3n) is 4.24. The Bertz CT molecular complexity index is 1130. The number of nitrogens with zero attached hydrogens (tertiary/aromatic N) is 5. The van der Waals surface area contributed by atoms with Crippen molar-refractivity contribution >= 4 is 22.8 Å². The van der Waals surface area contributed by atoms with Crippen LogP contribution in [-0.2, 0) is 17.9 Å². The Morgan fingerprint density at radius 3 is 2.74 bits per heavy atom. The van der Waals surface area contributed by atoms with Gasteiger partial charge in [-0.1, -0.05) is 36.4 Å². The molecule has 0 atom stereocenters. The minimum atomic E-state index is -0.339. The Morgan fingerprint density at radius 2 is 2.00 bits per heavy atom. The summed E-state index contributed by atoms with van der Waals surface area (Å²) in [7, 11) is 1.71. The van der Waals surface area contributed by atoms with E-state index in [2.05, 4.69) is 10.2 Å². The lowest BCUT2D eigenvalue weighted by Gasteiger charge is -2.17. The highest BCUT2D eigenvalue weighted by Gasteiger charge is 2.15. The van der Waals surface area contributed by atoms with Crippen LogP contribution in [-0.4, -0.2) is 37.2 Å². The fraction of sp³-hybridized carbons (Fsp3) is 0.158. The average Bonchev–Trinajstić information content (AvgIpc) is 3.34. The van der Waals surface area contributed by atoms with Gasteiger partial charge in [0.1, 0.15) is 24.1 Å². The van der Waals surface area contributed by atoms with E-state index in [-0.39, 0.29) is 18.0 Å². The Morgan fingerprint density at radius 1 is 1.19 bits per heavy atom. The van der Waals surface area contributed by atoms with Crippen molar-refractivity contribution in [1.29, 1.82) is 0 Å². The molecular weight excluding hydrogens is 362 g/mol. The highest BCUT2D eigenvalue weighted by Crippen LogP contribution is 2.23. The summed E-state index contributed by atoms with van der Waals surface area (Å²) in [5, 5.41) is 10.4. The molecule has 0 bridgehead atoms. The maximum atomic E-state index is 12.7. The quantitative estimate of drug-likeness (QED) is 0.533. The molecule has 8 heteroatoms. The van der Waals surface area contributed by atoms with Crippen LogP contribution in [0.4, 0.5) is 0 Å². The summed E-state index contributed by atoms with van der Waals surface area (Å²) in [5.41, 5.74) is 1.80. The smallest absolute Gasteiger partial charge is 0.293 e. The van der Waals surface area contributed by atoms with E-state index in [1.807, 2.05) is 47.8 Å². The Labute approximate surface area is 159 Å². The van der Waals surface area contributed by atoms with Gasteiger partial charge in [0.15, 0.2) is 0 Å². The predicted molar refractivity (Wildman–Crippen MR) is 103 cm³/mol. The molecule has 0 aliphatic carbocycles. The number of rotatable bonds is 5. The topological polar surface area (TPSA) is 72.5 Å². The SMILES string of the molecule is CN(Cc1ccccc1)C(=O)Cn1ncn2nc(-c3cccs3)cc2c1=O. The zero-order chi connectivity index (χ0) is 18.8. The van der Waals surface area contributed by atoms with Crippen molar-refractivity contribution in [2.75, 3.05) is 7.05 Å². The molecule has 0 unspecified atom stereocenters. The molecule has 0 spiro atoms. The number of carbonyl (C=O) groups excluding carboxylic acids is 1. The molecule has 0 saturated carbocycles. The molecule has 0 N–H and O–H groups in total. The van der Waals surface area contributed by atoms with Crippen molar-refractivity contribution < 1.29 is 4.79 Å². The largest absolute Gasteiger partial charge is 0.340 e. The van der Waals surface area contributed by atoms with E-state index in [0.717, 1.165) is 10.4 Å². The van der Waals surface area contributed by atoms with Crippen LogP contribution in [0, 0.1) is 0 Å². The standard InChI is InChI=1S/C19H17N5O2S/c1-22(11-14-6-3-2-4-7-14)18(25)12-23-19(26)16-10-15(17-8-5-9-27-17)21-24(16)13-20-23/h2-10,13H,11-12H2,1H3. The van der Waals surface area contributed by atoms with E-state index in [4.69, 9.17) is 0 Å². The van der Waals surface area contributed by atoms with Crippen LogP contribution in [0.1, 0.15) is 5.56 Å². The van der Waals surface area contributed by atoms with E-state index in [9.17, 15) is 9.59 Å². The third-order valence-corrected chi connectivity index (χ3v) is 5.13. The first-order valence-electron chi connectivity index (χ1n) is 8.39. The maximum Gasteiger partial charge on any atom is 0.293 e. The number of benzene rings is 1. The van der Waals surface area contributed by atoms with Crippen molar-refractivity contribution in [2.45, 2.75) is 13.1 Å². The van der Waals surface area contributed by atoms with Gasteiger partial charge in [-0.15, -0.1) is 11.3 Å². The lowest BCUT2D eigenvalue weighted by atomic mass is 10.2. The molecule has 0 aliphatic rings.